The Balaban J connectivity index is 1.42. The summed E-state index contributed by atoms with van der Waals surface area (Å²) in [5.74, 6) is 2.86. The Morgan fingerprint density at radius 2 is 1.90 bits per heavy atom. The van der Waals surface area contributed by atoms with Crippen molar-refractivity contribution in [2.45, 2.75) is 25.5 Å². The van der Waals surface area contributed by atoms with E-state index in [1.807, 2.05) is 61.5 Å². The first-order valence-electron chi connectivity index (χ1n) is 9.31. The molecular formula is C21H21N5O2S. The van der Waals surface area contributed by atoms with Crippen LogP contribution in [0.1, 0.15) is 13.8 Å². The van der Waals surface area contributed by atoms with E-state index in [2.05, 4.69) is 27.6 Å². The maximum atomic E-state index is 12.8. The number of hydrogen-bond acceptors (Lipinski definition) is 6. The van der Waals surface area contributed by atoms with Crippen LogP contribution in [0.2, 0.25) is 0 Å². The fraction of sp³-hybridized carbons (Fsp3) is 0.190. The van der Waals surface area contributed by atoms with Crippen LogP contribution in [0.4, 0.5) is 11.6 Å². The van der Waals surface area contributed by atoms with Gasteiger partial charge in [-0.2, -0.15) is 4.98 Å². The minimum atomic E-state index is -0.169. The minimum absolute atomic E-state index is 0.169. The van der Waals surface area contributed by atoms with Gasteiger partial charge in [0.25, 0.3) is 5.91 Å². The lowest BCUT2D eigenvalue weighted by atomic mass is 10.1. The van der Waals surface area contributed by atoms with Crippen LogP contribution in [-0.4, -0.2) is 26.4 Å². The summed E-state index contributed by atoms with van der Waals surface area (Å²) in [7, 11) is 0. The SMILES string of the molecule is CCSc1nc2n(n1)CC(C(=O)Nc1ccc(Oc3ccccc3)cc1)=C(C)N2. The first-order chi connectivity index (χ1) is 14.1. The Morgan fingerprint density at radius 3 is 2.62 bits per heavy atom. The van der Waals surface area contributed by atoms with Crippen LogP contribution in [-0.2, 0) is 11.3 Å². The van der Waals surface area contributed by atoms with E-state index in [0.29, 0.717) is 34.7 Å². The van der Waals surface area contributed by atoms with Gasteiger partial charge in [-0.3, -0.25) is 4.79 Å². The smallest absolute Gasteiger partial charge is 0.255 e. The Labute approximate surface area is 173 Å². The Bertz CT molecular complexity index is 1040. The zero-order valence-electron chi connectivity index (χ0n) is 16.2. The molecule has 0 unspecified atom stereocenters. The van der Waals surface area contributed by atoms with Gasteiger partial charge in [-0.05, 0) is 49.1 Å². The summed E-state index contributed by atoms with van der Waals surface area (Å²) in [4.78, 5) is 17.2. The molecule has 1 amide bonds. The average molecular weight is 407 g/mol. The van der Waals surface area contributed by atoms with Gasteiger partial charge in [-0.25, -0.2) is 4.68 Å². The molecule has 2 heterocycles. The summed E-state index contributed by atoms with van der Waals surface area (Å²) in [6.45, 7) is 4.31. The molecule has 0 aliphatic carbocycles. The van der Waals surface area contributed by atoms with E-state index in [9.17, 15) is 4.79 Å². The molecule has 0 radical (unpaired) electrons. The summed E-state index contributed by atoms with van der Waals surface area (Å²) < 4.78 is 7.50. The van der Waals surface area contributed by atoms with Gasteiger partial charge >= 0.3 is 0 Å². The van der Waals surface area contributed by atoms with Crippen molar-refractivity contribution in [1.29, 1.82) is 0 Å². The number of thioether (sulfide) groups is 1. The Kier molecular flexibility index (Phi) is 5.53. The monoisotopic (exact) mass is 407 g/mol. The van der Waals surface area contributed by atoms with Crippen molar-refractivity contribution in [2.24, 2.45) is 0 Å². The van der Waals surface area contributed by atoms with Gasteiger partial charge in [-0.1, -0.05) is 36.9 Å². The second-order valence-electron chi connectivity index (χ2n) is 6.43. The number of benzene rings is 2. The fourth-order valence-corrected chi connectivity index (χ4v) is 3.47. The number of aromatic nitrogens is 3. The second-order valence-corrected chi connectivity index (χ2v) is 7.66. The second kappa shape index (κ2) is 8.40. The number of nitrogens with zero attached hydrogens (tertiary/aromatic N) is 3. The van der Waals surface area contributed by atoms with Gasteiger partial charge < -0.3 is 15.4 Å². The summed E-state index contributed by atoms with van der Waals surface area (Å²) >= 11 is 1.57. The van der Waals surface area contributed by atoms with Gasteiger partial charge in [0.15, 0.2) is 0 Å². The molecule has 0 bridgehead atoms. The fourth-order valence-electron chi connectivity index (χ4n) is 2.91. The highest BCUT2D eigenvalue weighted by Crippen LogP contribution is 2.25. The third-order valence-corrected chi connectivity index (χ3v) is 5.07. The molecule has 1 aliphatic heterocycles. The van der Waals surface area contributed by atoms with E-state index in [1.54, 1.807) is 16.4 Å². The summed E-state index contributed by atoms with van der Waals surface area (Å²) in [6, 6.07) is 16.9. The number of carbonyl (C=O) groups is 1. The molecule has 8 heteroatoms. The third kappa shape index (κ3) is 4.43. The molecule has 0 saturated carbocycles. The van der Waals surface area contributed by atoms with Crippen molar-refractivity contribution in [3.05, 3.63) is 65.9 Å². The third-order valence-electron chi connectivity index (χ3n) is 4.35. The van der Waals surface area contributed by atoms with Gasteiger partial charge in [0.05, 0.1) is 12.1 Å². The highest BCUT2D eigenvalue weighted by atomic mass is 32.2. The Morgan fingerprint density at radius 1 is 1.17 bits per heavy atom. The van der Waals surface area contributed by atoms with Gasteiger partial charge in [-0.15, -0.1) is 5.10 Å². The van der Waals surface area contributed by atoms with Crippen molar-refractivity contribution in [2.75, 3.05) is 16.4 Å². The summed E-state index contributed by atoms with van der Waals surface area (Å²) in [6.07, 6.45) is 0. The van der Waals surface area contributed by atoms with E-state index < -0.39 is 0 Å². The lowest BCUT2D eigenvalue weighted by Crippen LogP contribution is -2.26. The molecule has 1 aliphatic rings. The van der Waals surface area contributed by atoms with Crippen LogP contribution >= 0.6 is 11.8 Å². The number of ether oxygens (including phenoxy) is 1. The van der Waals surface area contributed by atoms with E-state index in [4.69, 9.17) is 4.74 Å². The standard InChI is InChI=1S/C21H21N5O2S/c1-3-29-21-24-20-22-14(2)18(13-26(20)25-21)19(27)23-15-9-11-17(12-10-15)28-16-7-5-4-6-8-16/h4-12H,3,13H2,1-2H3,(H,23,27)(H,22,24,25). The highest BCUT2D eigenvalue weighted by molar-refractivity contribution is 7.99. The number of para-hydroxylation sites is 1. The number of hydrogen-bond donors (Lipinski definition) is 2. The van der Waals surface area contributed by atoms with Crippen LogP contribution in [0.15, 0.2) is 71.0 Å². The molecule has 2 aromatic carbocycles. The van der Waals surface area contributed by atoms with Gasteiger partial charge in [0.2, 0.25) is 11.1 Å². The molecule has 0 atom stereocenters. The zero-order chi connectivity index (χ0) is 20.2. The summed E-state index contributed by atoms with van der Waals surface area (Å²) in [5.41, 5.74) is 2.10. The molecular weight excluding hydrogens is 386 g/mol. The van der Waals surface area contributed by atoms with E-state index >= 15 is 0 Å². The molecule has 7 nitrogen and oxygen atoms in total. The number of anilines is 2. The molecule has 0 spiro atoms. The summed E-state index contributed by atoms with van der Waals surface area (Å²) in [5, 5.41) is 11.3. The number of fused-ring (bicyclic) bond motifs is 1. The largest absolute Gasteiger partial charge is 0.457 e. The van der Waals surface area contributed by atoms with Gasteiger partial charge in [0, 0.05) is 11.4 Å². The first-order valence-corrected chi connectivity index (χ1v) is 10.3. The average Bonchev–Trinajstić information content (AvgIpc) is 3.11. The van der Waals surface area contributed by atoms with Crippen molar-refractivity contribution >= 4 is 29.3 Å². The minimum Gasteiger partial charge on any atom is -0.457 e. The predicted octanol–water partition coefficient (Wildman–Crippen LogP) is 4.52. The highest BCUT2D eigenvalue weighted by Gasteiger charge is 2.23. The quantitative estimate of drug-likeness (QED) is 0.585. The number of rotatable bonds is 6. The number of amides is 1. The molecule has 2 N–H and O–H groups in total. The molecule has 0 saturated heterocycles. The van der Waals surface area contributed by atoms with Gasteiger partial charge in [0.1, 0.15) is 11.5 Å². The predicted molar refractivity (Wildman–Crippen MR) is 114 cm³/mol. The van der Waals surface area contributed by atoms with E-state index in [0.717, 1.165) is 17.2 Å². The molecule has 3 aromatic rings. The van der Waals surface area contributed by atoms with E-state index in [-0.39, 0.29) is 5.91 Å². The van der Waals surface area contributed by atoms with Crippen molar-refractivity contribution in [3.63, 3.8) is 0 Å². The van der Waals surface area contributed by atoms with Crippen molar-refractivity contribution in [3.8, 4) is 11.5 Å². The molecule has 29 heavy (non-hydrogen) atoms. The lowest BCUT2D eigenvalue weighted by molar-refractivity contribution is -0.113. The zero-order valence-corrected chi connectivity index (χ0v) is 17.0. The van der Waals surface area contributed by atoms with Crippen LogP contribution in [0.25, 0.3) is 0 Å². The topological polar surface area (TPSA) is 81.1 Å². The molecule has 1 aromatic heterocycles. The number of nitrogens with one attached hydrogen (secondary N) is 2. The molecule has 148 valence electrons. The Hall–Kier alpha value is -3.26. The maximum absolute atomic E-state index is 12.8. The number of carbonyl (C=O) groups excluding carboxylic acids is 1. The van der Waals surface area contributed by atoms with Crippen LogP contribution < -0.4 is 15.4 Å². The first kappa shape index (κ1) is 19.1. The van der Waals surface area contributed by atoms with Crippen molar-refractivity contribution < 1.29 is 9.53 Å². The van der Waals surface area contributed by atoms with Crippen LogP contribution in [0.3, 0.4) is 0 Å². The van der Waals surface area contributed by atoms with Crippen molar-refractivity contribution in [1.82, 2.24) is 14.8 Å². The maximum Gasteiger partial charge on any atom is 0.255 e. The number of allylic oxidation sites excluding steroid dienone is 1. The van der Waals surface area contributed by atoms with Crippen LogP contribution in [0.5, 0.6) is 11.5 Å². The normalized spacial score (nSPS) is 12.9. The molecule has 4 rings (SSSR count). The van der Waals surface area contributed by atoms with Crippen LogP contribution in [0, 0.1) is 0 Å². The molecule has 0 fully saturated rings. The lowest BCUT2D eigenvalue weighted by Gasteiger charge is -2.19. The van der Waals surface area contributed by atoms with E-state index in [1.165, 1.54) is 0 Å².